The van der Waals surface area contributed by atoms with Crippen molar-refractivity contribution in [2.24, 2.45) is 5.73 Å². The lowest BCUT2D eigenvalue weighted by atomic mass is 10.2. The van der Waals surface area contributed by atoms with E-state index < -0.39 is 6.04 Å². The first-order valence-electron chi connectivity index (χ1n) is 6.19. The second-order valence-electron chi connectivity index (χ2n) is 4.21. The van der Waals surface area contributed by atoms with Crippen molar-refractivity contribution in [3.63, 3.8) is 0 Å². The molecule has 7 heteroatoms. The molecule has 106 valence electrons. The Morgan fingerprint density at radius 2 is 2.26 bits per heavy atom. The highest BCUT2D eigenvalue weighted by Crippen LogP contribution is 2.10. The van der Waals surface area contributed by atoms with Gasteiger partial charge in [0, 0.05) is 25.4 Å². The number of hydrogen-bond donors (Lipinski definition) is 2. The molecule has 0 bridgehead atoms. The maximum atomic E-state index is 11.9. The molecule has 0 aliphatic heterocycles. The Balaban J connectivity index is 2.60. The summed E-state index contributed by atoms with van der Waals surface area (Å²) < 4.78 is 0. The van der Waals surface area contributed by atoms with Crippen LogP contribution in [0.2, 0.25) is 0 Å². The van der Waals surface area contributed by atoms with Crippen LogP contribution < -0.4 is 11.1 Å². The first kappa shape index (κ1) is 15.6. The van der Waals surface area contributed by atoms with Crippen LogP contribution in [0, 0.1) is 0 Å². The van der Waals surface area contributed by atoms with Gasteiger partial charge in [-0.15, -0.1) is 11.3 Å². The van der Waals surface area contributed by atoms with Crippen LogP contribution in [-0.4, -0.2) is 47.9 Å². The minimum atomic E-state index is -0.558. The summed E-state index contributed by atoms with van der Waals surface area (Å²) in [6.07, 6.45) is 0.658. The molecule has 1 atom stereocenters. The van der Waals surface area contributed by atoms with E-state index >= 15 is 0 Å². The largest absolute Gasteiger partial charge is 0.344 e. The van der Waals surface area contributed by atoms with Gasteiger partial charge in [-0.2, -0.15) is 0 Å². The third-order valence-electron chi connectivity index (χ3n) is 2.71. The molecule has 19 heavy (non-hydrogen) atoms. The molecule has 1 aromatic heterocycles. The molecule has 0 fully saturated rings. The normalized spacial score (nSPS) is 12.0. The molecule has 2 amide bonds. The predicted molar refractivity (Wildman–Crippen MR) is 75.1 cm³/mol. The van der Waals surface area contributed by atoms with Crippen LogP contribution in [0.15, 0.2) is 5.38 Å². The summed E-state index contributed by atoms with van der Waals surface area (Å²) in [4.78, 5) is 29.5. The number of rotatable bonds is 6. The smallest absolute Gasteiger partial charge is 0.271 e. The molecule has 0 aliphatic carbocycles. The molecule has 1 heterocycles. The van der Waals surface area contributed by atoms with Gasteiger partial charge < -0.3 is 16.0 Å². The second-order valence-corrected chi connectivity index (χ2v) is 5.16. The summed E-state index contributed by atoms with van der Waals surface area (Å²) in [5.74, 6) is -0.446. The van der Waals surface area contributed by atoms with Crippen LogP contribution in [0.1, 0.15) is 29.3 Å². The van der Waals surface area contributed by atoms with E-state index in [1.807, 2.05) is 6.92 Å². The van der Waals surface area contributed by atoms with Crippen molar-refractivity contribution in [1.29, 1.82) is 0 Å². The van der Waals surface area contributed by atoms with Crippen molar-refractivity contribution in [3.8, 4) is 0 Å². The van der Waals surface area contributed by atoms with E-state index in [4.69, 9.17) is 5.73 Å². The molecule has 3 N–H and O–H groups in total. The molecular weight excluding hydrogens is 264 g/mol. The second kappa shape index (κ2) is 7.20. The van der Waals surface area contributed by atoms with Crippen molar-refractivity contribution in [1.82, 2.24) is 15.2 Å². The van der Waals surface area contributed by atoms with E-state index in [-0.39, 0.29) is 11.8 Å². The third kappa shape index (κ3) is 4.29. The SMILES string of the molecule is CCN(C)C(=O)C(C)NC(=O)c1csc(CCN)n1. The number of hydrogen-bond acceptors (Lipinski definition) is 5. The van der Waals surface area contributed by atoms with Gasteiger partial charge in [-0.3, -0.25) is 9.59 Å². The van der Waals surface area contributed by atoms with Gasteiger partial charge in [0.05, 0.1) is 5.01 Å². The van der Waals surface area contributed by atoms with Gasteiger partial charge in [-0.1, -0.05) is 0 Å². The molecule has 0 saturated carbocycles. The molecule has 1 rings (SSSR count). The van der Waals surface area contributed by atoms with Gasteiger partial charge in [0.25, 0.3) is 5.91 Å². The lowest BCUT2D eigenvalue weighted by molar-refractivity contribution is -0.131. The van der Waals surface area contributed by atoms with Crippen LogP contribution in [-0.2, 0) is 11.2 Å². The fraction of sp³-hybridized carbons (Fsp3) is 0.583. The lowest BCUT2D eigenvalue weighted by Crippen LogP contribution is -2.45. The molecule has 0 saturated heterocycles. The van der Waals surface area contributed by atoms with Gasteiger partial charge in [0.1, 0.15) is 11.7 Å². The molecule has 6 nitrogen and oxygen atoms in total. The number of aromatic nitrogens is 1. The average Bonchev–Trinajstić information content (AvgIpc) is 2.86. The van der Waals surface area contributed by atoms with E-state index in [9.17, 15) is 9.59 Å². The summed E-state index contributed by atoms with van der Waals surface area (Å²) in [7, 11) is 1.70. The van der Waals surface area contributed by atoms with Gasteiger partial charge in [0.15, 0.2) is 0 Å². The Labute approximate surface area is 117 Å². The number of nitrogens with zero attached hydrogens (tertiary/aromatic N) is 2. The van der Waals surface area contributed by atoms with Crippen LogP contribution in [0.5, 0.6) is 0 Å². The number of likely N-dealkylation sites (N-methyl/N-ethyl adjacent to an activating group) is 1. The summed E-state index contributed by atoms with van der Waals surface area (Å²) >= 11 is 1.40. The monoisotopic (exact) mass is 284 g/mol. The van der Waals surface area contributed by atoms with E-state index in [1.165, 1.54) is 11.3 Å². The number of thiazole rings is 1. The van der Waals surface area contributed by atoms with Crippen LogP contribution >= 0.6 is 11.3 Å². The first-order chi connectivity index (χ1) is 8.99. The Morgan fingerprint density at radius 1 is 1.58 bits per heavy atom. The predicted octanol–water partition coefficient (Wildman–Crippen LogP) is 0.241. The van der Waals surface area contributed by atoms with E-state index in [0.717, 1.165) is 5.01 Å². The summed E-state index contributed by atoms with van der Waals surface area (Å²) in [6.45, 7) is 4.66. The molecule has 0 aliphatic rings. The maximum absolute atomic E-state index is 11.9. The zero-order valence-corrected chi connectivity index (χ0v) is 12.3. The summed E-state index contributed by atoms with van der Waals surface area (Å²) in [5.41, 5.74) is 5.77. The Hall–Kier alpha value is -1.47. The minimum Gasteiger partial charge on any atom is -0.344 e. The number of amides is 2. The van der Waals surface area contributed by atoms with Gasteiger partial charge >= 0.3 is 0 Å². The fourth-order valence-electron chi connectivity index (χ4n) is 1.47. The zero-order valence-electron chi connectivity index (χ0n) is 11.5. The fourth-order valence-corrected chi connectivity index (χ4v) is 2.27. The van der Waals surface area contributed by atoms with E-state index in [0.29, 0.717) is 25.2 Å². The highest BCUT2D eigenvalue weighted by Gasteiger charge is 2.20. The quantitative estimate of drug-likeness (QED) is 0.783. The summed E-state index contributed by atoms with van der Waals surface area (Å²) in [6, 6.07) is -0.558. The highest BCUT2D eigenvalue weighted by molar-refractivity contribution is 7.09. The Kier molecular flexibility index (Phi) is 5.91. The number of nitrogens with two attached hydrogens (primary N) is 1. The van der Waals surface area contributed by atoms with Crippen LogP contribution in [0.4, 0.5) is 0 Å². The topological polar surface area (TPSA) is 88.3 Å². The van der Waals surface area contributed by atoms with E-state index in [2.05, 4.69) is 10.3 Å². The maximum Gasteiger partial charge on any atom is 0.271 e. The van der Waals surface area contributed by atoms with Crippen molar-refractivity contribution >= 4 is 23.2 Å². The first-order valence-corrected chi connectivity index (χ1v) is 7.07. The molecule has 1 aromatic rings. The van der Waals surface area contributed by atoms with Crippen molar-refractivity contribution in [2.75, 3.05) is 20.1 Å². The van der Waals surface area contributed by atoms with Gasteiger partial charge in [-0.05, 0) is 20.4 Å². The molecule has 0 spiro atoms. The number of carbonyl (C=O) groups is 2. The van der Waals surface area contributed by atoms with E-state index in [1.54, 1.807) is 24.3 Å². The third-order valence-corrected chi connectivity index (χ3v) is 3.62. The van der Waals surface area contributed by atoms with Crippen molar-refractivity contribution in [3.05, 3.63) is 16.1 Å². The lowest BCUT2D eigenvalue weighted by Gasteiger charge is -2.20. The zero-order chi connectivity index (χ0) is 14.4. The standard InChI is InChI=1S/C12H20N4O2S/c1-4-16(3)12(18)8(2)14-11(17)9-7-19-10(15-9)5-6-13/h7-8H,4-6,13H2,1-3H3,(H,14,17). The minimum absolute atomic E-state index is 0.117. The average molecular weight is 284 g/mol. The molecule has 1 unspecified atom stereocenters. The molecule has 0 radical (unpaired) electrons. The highest BCUT2D eigenvalue weighted by atomic mass is 32.1. The van der Waals surface area contributed by atoms with Gasteiger partial charge in [0.2, 0.25) is 5.91 Å². The van der Waals surface area contributed by atoms with Crippen molar-refractivity contribution < 1.29 is 9.59 Å². The molecule has 0 aromatic carbocycles. The number of carbonyl (C=O) groups excluding carboxylic acids is 2. The van der Waals surface area contributed by atoms with Crippen LogP contribution in [0.25, 0.3) is 0 Å². The summed E-state index contributed by atoms with van der Waals surface area (Å²) in [5, 5.41) is 5.16. The van der Waals surface area contributed by atoms with Gasteiger partial charge in [-0.25, -0.2) is 4.98 Å². The number of nitrogens with one attached hydrogen (secondary N) is 1. The Morgan fingerprint density at radius 3 is 2.84 bits per heavy atom. The Bertz CT molecular complexity index is 447. The van der Waals surface area contributed by atoms with Crippen molar-refractivity contribution in [2.45, 2.75) is 26.3 Å². The molecular formula is C12H20N4O2S. The van der Waals surface area contributed by atoms with Crippen LogP contribution in [0.3, 0.4) is 0 Å².